The number of carbonyl (C=O) groups is 2. The molecule has 0 radical (unpaired) electrons. The number of hydrogen-bond donors (Lipinski definition) is 0. The van der Waals surface area contributed by atoms with Crippen LogP contribution in [0.1, 0.15) is 53.2 Å². The van der Waals surface area contributed by atoms with Crippen molar-refractivity contribution in [3.8, 4) is 5.75 Å². The van der Waals surface area contributed by atoms with Gasteiger partial charge in [0.1, 0.15) is 16.9 Å². The number of benzene rings is 1. The predicted molar refractivity (Wildman–Crippen MR) is 110 cm³/mol. The third-order valence-corrected chi connectivity index (χ3v) is 5.11. The van der Waals surface area contributed by atoms with Gasteiger partial charge in [-0.2, -0.15) is 0 Å². The molecule has 0 amide bonds. The standard InChI is InChI=1S/C23H26O7/c1-7-13(4)22(26)30-23(5,6)20-19(29-21(25)12(2)3)17-15(27-20)10-8-14-9-11-16(24)28-18(14)17/h7-12,19-20H,1-6H3/t19?,20-/m0/s1. The third-order valence-electron chi connectivity index (χ3n) is 5.11. The highest BCUT2D eigenvalue weighted by molar-refractivity contribution is 5.88. The average Bonchev–Trinajstić information content (AvgIpc) is 3.06. The molecule has 0 aliphatic carbocycles. The van der Waals surface area contributed by atoms with Crippen LogP contribution in [0.3, 0.4) is 0 Å². The fourth-order valence-corrected chi connectivity index (χ4v) is 3.24. The zero-order chi connectivity index (χ0) is 22.2. The molecule has 1 aromatic carbocycles. The van der Waals surface area contributed by atoms with Gasteiger partial charge >= 0.3 is 17.6 Å². The topological polar surface area (TPSA) is 92.0 Å². The van der Waals surface area contributed by atoms with Gasteiger partial charge in [-0.05, 0) is 45.9 Å². The fraction of sp³-hybridized carbons (Fsp3) is 0.435. The summed E-state index contributed by atoms with van der Waals surface area (Å²) in [4.78, 5) is 36.7. The summed E-state index contributed by atoms with van der Waals surface area (Å²) >= 11 is 0. The number of rotatable bonds is 5. The van der Waals surface area contributed by atoms with Gasteiger partial charge in [0.25, 0.3) is 0 Å². The lowest BCUT2D eigenvalue weighted by molar-refractivity contribution is -0.176. The molecule has 7 heteroatoms. The van der Waals surface area contributed by atoms with Crippen LogP contribution in [0, 0.1) is 5.92 Å². The Balaban J connectivity index is 2.10. The largest absolute Gasteiger partial charge is 0.481 e. The van der Waals surface area contributed by atoms with E-state index in [1.165, 1.54) is 6.07 Å². The monoisotopic (exact) mass is 414 g/mol. The molecule has 0 saturated heterocycles. The Hall–Kier alpha value is -3.09. The summed E-state index contributed by atoms with van der Waals surface area (Å²) in [6, 6.07) is 6.44. The smallest absolute Gasteiger partial charge is 0.336 e. The molecule has 160 valence electrons. The normalized spacial score (nSPS) is 18.8. The van der Waals surface area contributed by atoms with Crippen LogP contribution in [0.5, 0.6) is 5.75 Å². The Bertz CT molecular complexity index is 1070. The van der Waals surface area contributed by atoms with Crippen LogP contribution < -0.4 is 10.4 Å². The summed E-state index contributed by atoms with van der Waals surface area (Å²) in [7, 11) is 0. The molecule has 0 bridgehead atoms. The van der Waals surface area contributed by atoms with Crippen molar-refractivity contribution in [1.82, 2.24) is 0 Å². The Morgan fingerprint density at radius 1 is 1.17 bits per heavy atom. The molecule has 1 unspecified atom stereocenters. The van der Waals surface area contributed by atoms with Gasteiger partial charge in [-0.3, -0.25) is 4.79 Å². The van der Waals surface area contributed by atoms with Crippen LogP contribution in [0.15, 0.2) is 45.1 Å². The van der Waals surface area contributed by atoms with Crippen LogP contribution >= 0.6 is 0 Å². The maximum absolute atomic E-state index is 12.5. The van der Waals surface area contributed by atoms with Gasteiger partial charge < -0.3 is 18.6 Å². The van der Waals surface area contributed by atoms with Gasteiger partial charge in [0.2, 0.25) is 0 Å². The molecule has 1 aliphatic rings. The summed E-state index contributed by atoms with van der Waals surface area (Å²) in [5.41, 5.74) is -0.482. The van der Waals surface area contributed by atoms with E-state index in [0.29, 0.717) is 22.3 Å². The van der Waals surface area contributed by atoms with Crippen LogP contribution in [-0.4, -0.2) is 23.6 Å². The number of hydrogen-bond acceptors (Lipinski definition) is 7. The second kappa shape index (κ2) is 7.97. The van der Waals surface area contributed by atoms with Crippen molar-refractivity contribution in [2.24, 2.45) is 5.92 Å². The van der Waals surface area contributed by atoms with Gasteiger partial charge in [0, 0.05) is 17.0 Å². The number of allylic oxidation sites excluding steroid dienone is 1. The summed E-state index contributed by atoms with van der Waals surface area (Å²) < 4.78 is 23.0. The Morgan fingerprint density at radius 3 is 2.47 bits per heavy atom. The van der Waals surface area contributed by atoms with Crippen LogP contribution in [0.25, 0.3) is 11.0 Å². The molecule has 0 fully saturated rings. The maximum Gasteiger partial charge on any atom is 0.336 e. The van der Waals surface area contributed by atoms with E-state index in [-0.39, 0.29) is 11.5 Å². The van der Waals surface area contributed by atoms with Crippen LogP contribution in [-0.2, 0) is 19.1 Å². The summed E-state index contributed by atoms with van der Waals surface area (Å²) in [6.07, 6.45) is -0.0982. The molecule has 0 spiro atoms. The minimum absolute atomic E-state index is 0.288. The Labute approximate surface area is 174 Å². The number of esters is 2. The van der Waals surface area contributed by atoms with Gasteiger partial charge in [-0.25, -0.2) is 9.59 Å². The SMILES string of the molecule is CC=C(C)C(=O)OC(C)(C)[C@H]1Oc2ccc3ccc(=O)oc3c2C1OC(=O)C(C)C. The first-order valence-electron chi connectivity index (χ1n) is 9.85. The van der Waals surface area contributed by atoms with E-state index >= 15 is 0 Å². The second-order valence-electron chi connectivity index (χ2n) is 8.17. The highest BCUT2D eigenvalue weighted by atomic mass is 16.6. The van der Waals surface area contributed by atoms with E-state index in [2.05, 4.69) is 0 Å². The third kappa shape index (κ3) is 3.97. The van der Waals surface area contributed by atoms with Gasteiger partial charge in [0.05, 0.1) is 11.5 Å². The van der Waals surface area contributed by atoms with E-state index in [4.69, 9.17) is 18.6 Å². The van der Waals surface area contributed by atoms with Crippen molar-refractivity contribution >= 4 is 22.9 Å². The molecule has 3 rings (SSSR count). The summed E-state index contributed by atoms with van der Waals surface area (Å²) in [5, 5.41) is 0.669. The molecule has 0 N–H and O–H groups in total. The van der Waals surface area contributed by atoms with E-state index < -0.39 is 35.4 Å². The number of carbonyl (C=O) groups excluding carboxylic acids is 2. The lowest BCUT2D eigenvalue weighted by Gasteiger charge is -2.34. The quantitative estimate of drug-likeness (QED) is 0.413. The highest BCUT2D eigenvalue weighted by Gasteiger charge is 2.50. The zero-order valence-corrected chi connectivity index (χ0v) is 18.0. The number of ether oxygens (including phenoxy) is 3. The minimum atomic E-state index is -1.15. The Morgan fingerprint density at radius 2 is 1.83 bits per heavy atom. The molecule has 2 aromatic rings. The van der Waals surface area contributed by atoms with Crippen molar-refractivity contribution in [2.45, 2.75) is 59.4 Å². The van der Waals surface area contributed by atoms with Crippen molar-refractivity contribution < 1.29 is 28.2 Å². The Kier molecular flexibility index (Phi) is 5.74. The first-order valence-corrected chi connectivity index (χ1v) is 9.85. The molecule has 2 atom stereocenters. The van der Waals surface area contributed by atoms with Crippen molar-refractivity contribution in [2.75, 3.05) is 0 Å². The van der Waals surface area contributed by atoms with Gasteiger partial charge in [0.15, 0.2) is 12.2 Å². The molecule has 1 aliphatic heterocycles. The maximum atomic E-state index is 12.5. The van der Waals surface area contributed by atoms with Crippen molar-refractivity contribution in [3.05, 3.63) is 51.9 Å². The zero-order valence-electron chi connectivity index (χ0n) is 18.0. The van der Waals surface area contributed by atoms with Gasteiger partial charge in [-0.15, -0.1) is 0 Å². The fourth-order valence-electron chi connectivity index (χ4n) is 3.24. The first-order chi connectivity index (χ1) is 14.0. The van der Waals surface area contributed by atoms with Crippen LogP contribution in [0.2, 0.25) is 0 Å². The summed E-state index contributed by atoms with van der Waals surface area (Å²) in [5.74, 6) is -0.904. The molecular weight excluding hydrogens is 388 g/mol. The minimum Gasteiger partial charge on any atom is -0.481 e. The molecule has 0 saturated carbocycles. The van der Waals surface area contributed by atoms with Gasteiger partial charge in [-0.1, -0.05) is 19.9 Å². The predicted octanol–water partition coefficient (Wildman–Crippen LogP) is 4.08. The van der Waals surface area contributed by atoms with Crippen molar-refractivity contribution in [3.63, 3.8) is 0 Å². The molecule has 2 heterocycles. The highest BCUT2D eigenvalue weighted by Crippen LogP contribution is 2.47. The van der Waals surface area contributed by atoms with E-state index in [0.717, 1.165) is 0 Å². The number of fused-ring (bicyclic) bond motifs is 3. The first kappa shape index (κ1) is 21.6. The van der Waals surface area contributed by atoms with E-state index in [1.54, 1.807) is 65.8 Å². The molecule has 30 heavy (non-hydrogen) atoms. The molecule has 1 aromatic heterocycles. The average molecular weight is 414 g/mol. The van der Waals surface area contributed by atoms with E-state index in [9.17, 15) is 14.4 Å². The van der Waals surface area contributed by atoms with E-state index in [1.807, 2.05) is 0 Å². The van der Waals surface area contributed by atoms with Crippen LogP contribution in [0.4, 0.5) is 0 Å². The lowest BCUT2D eigenvalue weighted by atomic mass is 9.93. The lowest BCUT2D eigenvalue weighted by Crippen LogP contribution is -2.47. The molecule has 7 nitrogen and oxygen atoms in total. The summed E-state index contributed by atoms with van der Waals surface area (Å²) in [6.45, 7) is 10.2. The molecular formula is C23H26O7. The second-order valence-corrected chi connectivity index (χ2v) is 8.17. The van der Waals surface area contributed by atoms with Crippen molar-refractivity contribution in [1.29, 1.82) is 0 Å².